The molecule has 0 spiro atoms. The zero-order valence-electron chi connectivity index (χ0n) is 14.0. The number of amides is 1. The molecule has 0 aromatic heterocycles. The normalized spacial score (nSPS) is 28.8. The third-order valence-corrected chi connectivity index (χ3v) is 5.42. The lowest BCUT2D eigenvalue weighted by Crippen LogP contribution is -2.45. The second kappa shape index (κ2) is 7.35. The molecule has 126 valence electrons. The van der Waals surface area contributed by atoms with Crippen LogP contribution in [0, 0.1) is 17.8 Å². The molecule has 2 saturated carbocycles. The third kappa shape index (κ3) is 3.69. The molecule has 0 heterocycles. The van der Waals surface area contributed by atoms with Crippen molar-refractivity contribution in [3.63, 3.8) is 0 Å². The summed E-state index contributed by atoms with van der Waals surface area (Å²) in [4.78, 5) is 12.5. The molecule has 0 aliphatic heterocycles. The van der Waals surface area contributed by atoms with Gasteiger partial charge in [-0.1, -0.05) is 25.5 Å². The topological polar surface area (TPSA) is 64.3 Å². The highest BCUT2D eigenvalue weighted by Crippen LogP contribution is 2.47. The molecule has 2 bridgehead atoms. The summed E-state index contributed by atoms with van der Waals surface area (Å²) in [5.74, 6) is 2.08. The fourth-order valence-corrected chi connectivity index (χ4v) is 4.11. The molecule has 1 aromatic rings. The highest BCUT2D eigenvalue weighted by molar-refractivity contribution is 5.80. The van der Waals surface area contributed by atoms with E-state index in [1.54, 1.807) is 0 Å². The molecule has 2 aliphatic carbocycles. The minimum Gasteiger partial charge on any atom is -0.494 e. The maximum Gasteiger partial charge on any atom is 0.225 e. The smallest absolute Gasteiger partial charge is 0.225 e. The van der Waals surface area contributed by atoms with Crippen molar-refractivity contribution < 1.29 is 9.53 Å². The van der Waals surface area contributed by atoms with Crippen molar-refractivity contribution in [2.24, 2.45) is 23.5 Å². The Labute approximate surface area is 138 Å². The van der Waals surface area contributed by atoms with E-state index in [9.17, 15) is 4.79 Å². The number of benzene rings is 1. The predicted octanol–water partition coefficient (Wildman–Crippen LogP) is 2.86. The Morgan fingerprint density at radius 1 is 1.35 bits per heavy atom. The van der Waals surface area contributed by atoms with Crippen LogP contribution in [0.1, 0.15) is 44.6 Å². The van der Waals surface area contributed by atoms with Gasteiger partial charge in [0.15, 0.2) is 0 Å². The molecule has 2 aliphatic rings. The molecule has 4 atom stereocenters. The number of hydrogen-bond donors (Lipinski definition) is 2. The van der Waals surface area contributed by atoms with Crippen LogP contribution in [0.4, 0.5) is 0 Å². The Balaban J connectivity index is 1.52. The van der Waals surface area contributed by atoms with Gasteiger partial charge in [-0.05, 0) is 55.2 Å². The van der Waals surface area contributed by atoms with Crippen LogP contribution < -0.4 is 15.8 Å². The predicted molar refractivity (Wildman–Crippen MR) is 91.0 cm³/mol. The van der Waals surface area contributed by atoms with Gasteiger partial charge in [0.05, 0.1) is 12.5 Å². The van der Waals surface area contributed by atoms with E-state index >= 15 is 0 Å². The molecule has 4 heteroatoms. The molecule has 4 unspecified atom stereocenters. The fourth-order valence-electron chi connectivity index (χ4n) is 4.11. The van der Waals surface area contributed by atoms with Gasteiger partial charge in [-0.3, -0.25) is 4.79 Å². The standard InChI is InChI=1S/C19H28N2O2/c1-2-3-9-23-16-6-4-5-13(10-16)12-21-19(22)17-14-7-8-15(11-14)18(17)20/h4-6,10,14-15,17-18H,2-3,7-9,11-12,20H2,1H3,(H,21,22). The first kappa shape index (κ1) is 16.3. The fraction of sp³-hybridized carbons (Fsp3) is 0.632. The van der Waals surface area contributed by atoms with Gasteiger partial charge in [-0.25, -0.2) is 0 Å². The summed E-state index contributed by atoms with van der Waals surface area (Å²) in [6, 6.07) is 8.03. The molecule has 1 aromatic carbocycles. The molecule has 0 saturated heterocycles. The van der Waals surface area contributed by atoms with Gasteiger partial charge in [0, 0.05) is 12.6 Å². The monoisotopic (exact) mass is 316 g/mol. The van der Waals surface area contributed by atoms with E-state index in [0.717, 1.165) is 43.6 Å². The van der Waals surface area contributed by atoms with E-state index in [4.69, 9.17) is 10.5 Å². The lowest BCUT2D eigenvalue weighted by molar-refractivity contribution is -0.127. The van der Waals surface area contributed by atoms with Gasteiger partial charge in [0.2, 0.25) is 5.91 Å². The minimum absolute atomic E-state index is 0.0118. The number of rotatable bonds is 7. The van der Waals surface area contributed by atoms with Crippen molar-refractivity contribution in [1.29, 1.82) is 0 Å². The average Bonchev–Trinajstić information content (AvgIpc) is 3.14. The van der Waals surface area contributed by atoms with E-state index in [2.05, 4.69) is 12.2 Å². The number of fused-ring (bicyclic) bond motifs is 2. The number of hydrogen-bond acceptors (Lipinski definition) is 3. The lowest BCUT2D eigenvalue weighted by Gasteiger charge is -2.27. The van der Waals surface area contributed by atoms with E-state index in [1.807, 2.05) is 24.3 Å². The molecular formula is C19H28N2O2. The van der Waals surface area contributed by atoms with Crippen LogP contribution in [0.3, 0.4) is 0 Å². The van der Waals surface area contributed by atoms with Crippen molar-refractivity contribution in [1.82, 2.24) is 5.32 Å². The van der Waals surface area contributed by atoms with Crippen LogP contribution in [0.5, 0.6) is 5.75 Å². The molecule has 4 nitrogen and oxygen atoms in total. The summed E-state index contributed by atoms with van der Waals surface area (Å²) in [6.07, 6.45) is 5.69. The molecule has 3 rings (SSSR count). The molecule has 3 N–H and O–H groups in total. The zero-order chi connectivity index (χ0) is 16.2. The number of nitrogens with two attached hydrogens (primary N) is 1. The molecule has 23 heavy (non-hydrogen) atoms. The van der Waals surface area contributed by atoms with Crippen molar-refractivity contribution in [3.8, 4) is 5.75 Å². The number of unbranched alkanes of at least 4 members (excludes halogenated alkanes) is 1. The van der Waals surface area contributed by atoms with Gasteiger partial charge in [0.25, 0.3) is 0 Å². The molecule has 2 fully saturated rings. The summed E-state index contributed by atoms with van der Waals surface area (Å²) in [7, 11) is 0. The second-order valence-corrected chi connectivity index (χ2v) is 7.00. The van der Waals surface area contributed by atoms with Crippen LogP contribution in [-0.4, -0.2) is 18.6 Å². The van der Waals surface area contributed by atoms with Crippen molar-refractivity contribution in [3.05, 3.63) is 29.8 Å². The largest absolute Gasteiger partial charge is 0.494 e. The van der Waals surface area contributed by atoms with Crippen LogP contribution in [0.25, 0.3) is 0 Å². The highest BCUT2D eigenvalue weighted by Gasteiger charge is 2.48. The van der Waals surface area contributed by atoms with Crippen LogP contribution in [0.15, 0.2) is 24.3 Å². The maximum absolute atomic E-state index is 12.5. The Morgan fingerprint density at radius 3 is 2.91 bits per heavy atom. The molecular weight excluding hydrogens is 288 g/mol. The Hall–Kier alpha value is -1.55. The summed E-state index contributed by atoms with van der Waals surface area (Å²) < 4.78 is 5.72. The first-order chi connectivity index (χ1) is 11.2. The van der Waals surface area contributed by atoms with Crippen molar-refractivity contribution in [2.75, 3.05) is 6.61 Å². The lowest BCUT2D eigenvalue weighted by atomic mass is 9.84. The first-order valence-electron chi connectivity index (χ1n) is 8.94. The van der Waals surface area contributed by atoms with Gasteiger partial charge in [-0.15, -0.1) is 0 Å². The number of carbonyl (C=O) groups is 1. The van der Waals surface area contributed by atoms with Gasteiger partial charge in [-0.2, -0.15) is 0 Å². The average molecular weight is 316 g/mol. The van der Waals surface area contributed by atoms with Gasteiger partial charge in [0.1, 0.15) is 5.75 Å². The summed E-state index contributed by atoms with van der Waals surface area (Å²) >= 11 is 0. The summed E-state index contributed by atoms with van der Waals surface area (Å²) in [6.45, 7) is 3.44. The van der Waals surface area contributed by atoms with Crippen LogP contribution in [-0.2, 0) is 11.3 Å². The quantitative estimate of drug-likeness (QED) is 0.760. The van der Waals surface area contributed by atoms with Crippen LogP contribution >= 0.6 is 0 Å². The summed E-state index contributed by atoms with van der Waals surface area (Å²) in [5.41, 5.74) is 7.32. The molecule has 1 amide bonds. The second-order valence-electron chi connectivity index (χ2n) is 7.00. The third-order valence-electron chi connectivity index (χ3n) is 5.42. The Bertz CT molecular complexity index is 544. The highest BCUT2D eigenvalue weighted by atomic mass is 16.5. The van der Waals surface area contributed by atoms with Crippen molar-refractivity contribution >= 4 is 5.91 Å². The Morgan fingerprint density at radius 2 is 2.17 bits per heavy atom. The number of carbonyl (C=O) groups excluding carboxylic acids is 1. The Kier molecular flexibility index (Phi) is 5.21. The SMILES string of the molecule is CCCCOc1cccc(CNC(=O)C2C3CCC(C3)C2N)c1. The maximum atomic E-state index is 12.5. The molecule has 0 radical (unpaired) electrons. The van der Waals surface area contributed by atoms with Crippen LogP contribution in [0.2, 0.25) is 0 Å². The number of nitrogens with one attached hydrogen (secondary N) is 1. The van der Waals surface area contributed by atoms with E-state index < -0.39 is 0 Å². The van der Waals surface area contributed by atoms with E-state index in [1.165, 1.54) is 6.42 Å². The first-order valence-corrected chi connectivity index (χ1v) is 8.94. The van der Waals surface area contributed by atoms with E-state index in [-0.39, 0.29) is 17.9 Å². The van der Waals surface area contributed by atoms with Gasteiger partial charge < -0.3 is 15.8 Å². The van der Waals surface area contributed by atoms with E-state index in [0.29, 0.717) is 18.4 Å². The number of ether oxygens (including phenoxy) is 1. The van der Waals surface area contributed by atoms with Gasteiger partial charge >= 0.3 is 0 Å². The van der Waals surface area contributed by atoms with Crippen molar-refractivity contribution in [2.45, 2.75) is 51.6 Å². The summed E-state index contributed by atoms with van der Waals surface area (Å²) in [5, 5.41) is 3.08. The minimum atomic E-state index is 0.0118. The zero-order valence-corrected chi connectivity index (χ0v) is 14.0.